The monoisotopic (exact) mass is 250 g/mol. The second-order valence-corrected chi connectivity index (χ2v) is 5.25. The zero-order chi connectivity index (χ0) is 11.8. The Morgan fingerprint density at radius 3 is 2.69 bits per heavy atom. The maximum atomic E-state index is 12.4. The second-order valence-electron chi connectivity index (χ2n) is 4.19. The molecule has 0 bridgehead atoms. The Morgan fingerprint density at radius 1 is 1.38 bits per heavy atom. The fraction of sp³-hybridized carbons (Fsp3) is 0.700. The highest BCUT2D eigenvalue weighted by Gasteiger charge is 2.35. The number of alkyl halides is 3. The molecule has 0 radical (unpaired) electrons. The highest BCUT2D eigenvalue weighted by Crippen LogP contribution is 2.39. The van der Waals surface area contributed by atoms with Crippen molar-refractivity contribution in [3.05, 3.63) is 16.1 Å². The molecule has 0 spiro atoms. The Kier molecular flexibility index (Phi) is 3.21. The number of hydrogen-bond acceptors (Lipinski definition) is 3. The van der Waals surface area contributed by atoms with Crippen molar-refractivity contribution in [2.45, 2.75) is 43.8 Å². The van der Waals surface area contributed by atoms with Crippen molar-refractivity contribution < 1.29 is 13.2 Å². The maximum Gasteiger partial charge on any atom is 0.443 e. The topological polar surface area (TPSA) is 38.9 Å². The fourth-order valence-corrected chi connectivity index (χ4v) is 3.02. The molecule has 1 fully saturated rings. The summed E-state index contributed by atoms with van der Waals surface area (Å²) in [5.74, 6) is 0.164. The molecular weight excluding hydrogens is 237 g/mol. The van der Waals surface area contributed by atoms with E-state index in [0.717, 1.165) is 41.9 Å². The van der Waals surface area contributed by atoms with Gasteiger partial charge in [0.1, 0.15) is 0 Å². The number of halogens is 3. The Labute approximate surface area is 95.7 Å². The molecule has 1 aliphatic rings. The molecular formula is C10H13F3N2S. The molecule has 1 aromatic heterocycles. The first-order valence-corrected chi connectivity index (χ1v) is 6.07. The summed E-state index contributed by atoms with van der Waals surface area (Å²) in [7, 11) is 0. The number of aromatic nitrogens is 1. The van der Waals surface area contributed by atoms with Gasteiger partial charge >= 0.3 is 6.18 Å². The van der Waals surface area contributed by atoms with E-state index in [4.69, 9.17) is 5.73 Å². The van der Waals surface area contributed by atoms with E-state index >= 15 is 0 Å². The highest BCUT2D eigenvalue weighted by atomic mass is 32.1. The van der Waals surface area contributed by atoms with Crippen molar-refractivity contribution in [2.75, 3.05) is 0 Å². The lowest BCUT2D eigenvalue weighted by molar-refractivity contribution is -0.137. The van der Waals surface area contributed by atoms with E-state index in [1.165, 1.54) is 6.20 Å². The van der Waals surface area contributed by atoms with Gasteiger partial charge in [0.25, 0.3) is 0 Å². The average molecular weight is 250 g/mol. The van der Waals surface area contributed by atoms with Gasteiger partial charge in [0, 0.05) is 17.1 Å². The van der Waals surface area contributed by atoms with Gasteiger partial charge in [0.2, 0.25) is 0 Å². The summed E-state index contributed by atoms with van der Waals surface area (Å²) in [5.41, 5.74) is 5.82. The highest BCUT2D eigenvalue weighted by molar-refractivity contribution is 7.11. The lowest BCUT2D eigenvalue weighted by Crippen LogP contribution is -2.26. The van der Waals surface area contributed by atoms with Crippen LogP contribution < -0.4 is 5.73 Å². The first-order chi connectivity index (χ1) is 7.47. The lowest BCUT2D eigenvalue weighted by Gasteiger charge is -2.25. The molecule has 2 unspecified atom stereocenters. The first kappa shape index (κ1) is 11.9. The fourth-order valence-electron chi connectivity index (χ4n) is 2.09. The molecule has 2 rings (SSSR count). The van der Waals surface area contributed by atoms with Crippen molar-refractivity contribution >= 4 is 11.3 Å². The number of hydrogen-bond donors (Lipinski definition) is 1. The predicted molar refractivity (Wildman–Crippen MR) is 56.3 cm³/mol. The van der Waals surface area contributed by atoms with Gasteiger partial charge in [-0.25, -0.2) is 4.98 Å². The quantitative estimate of drug-likeness (QED) is 0.831. The number of nitrogens with two attached hydrogens (primary N) is 1. The van der Waals surface area contributed by atoms with E-state index in [9.17, 15) is 13.2 Å². The molecule has 2 atom stereocenters. The largest absolute Gasteiger partial charge is 0.443 e. The van der Waals surface area contributed by atoms with Gasteiger partial charge in [0.15, 0.2) is 5.01 Å². The molecule has 90 valence electrons. The average Bonchev–Trinajstić information content (AvgIpc) is 2.65. The van der Waals surface area contributed by atoms with Crippen molar-refractivity contribution in [1.82, 2.24) is 4.98 Å². The van der Waals surface area contributed by atoms with Crippen molar-refractivity contribution in [1.29, 1.82) is 0 Å². The van der Waals surface area contributed by atoms with Crippen LogP contribution in [0.4, 0.5) is 13.2 Å². The number of rotatable bonds is 1. The molecule has 2 N–H and O–H groups in total. The smallest absolute Gasteiger partial charge is 0.328 e. The van der Waals surface area contributed by atoms with Gasteiger partial charge in [-0.05, 0) is 25.2 Å². The van der Waals surface area contributed by atoms with Crippen LogP contribution in [0.15, 0.2) is 6.20 Å². The van der Waals surface area contributed by atoms with E-state index in [-0.39, 0.29) is 12.0 Å². The van der Waals surface area contributed by atoms with Gasteiger partial charge in [-0.3, -0.25) is 0 Å². The molecule has 0 aromatic carbocycles. The van der Waals surface area contributed by atoms with E-state index in [0.29, 0.717) is 0 Å². The van der Waals surface area contributed by atoms with Gasteiger partial charge < -0.3 is 5.73 Å². The van der Waals surface area contributed by atoms with Crippen LogP contribution in [0.1, 0.15) is 41.5 Å². The molecule has 2 nitrogen and oxygen atoms in total. The minimum absolute atomic E-state index is 0.121. The van der Waals surface area contributed by atoms with Crippen molar-refractivity contribution in [3.8, 4) is 0 Å². The summed E-state index contributed by atoms with van der Waals surface area (Å²) in [6.07, 6.45) is 0.703. The third-order valence-electron chi connectivity index (χ3n) is 2.88. The molecule has 0 aliphatic heterocycles. The van der Waals surface area contributed by atoms with Gasteiger partial charge in [-0.15, -0.1) is 11.3 Å². The van der Waals surface area contributed by atoms with Crippen LogP contribution in [0.5, 0.6) is 0 Å². The molecule has 6 heteroatoms. The third-order valence-corrected chi connectivity index (χ3v) is 4.09. The van der Waals surface area contributed by atoms with Crippen molar-refractivity contribution in [2.24, 2.45) is 5.73 Å². The summed E-state index contributed by atoms with van der Waals surface area (Å²) < 4.78 is 37.1. The van der Waals surface area contributed by atoms with E-state index < -0.39 is 11.2 Å². The van der Waals surface area contributed by atoms with Crippen LogP contribution in [-0.4, -0.2) is 11.0 Å². The molecule has 16 heavy (non-hydrogen) atoms. The minimum atomic E-state index is -4.32. The summed E-state index contributed by atoms with van der Waals surface area (Å²) in [4.78, 5) is 4.16. The minimum Gasteiger partial charge on any atom is -0.328 e. The first-order valence-electron chi connectivity index (χ1n) is 5.25. The zero-order valence-corrected chi connectivity index (χ0v) is 9.44. The lowest BCUT2D eigenvalue weighted by atomic mass is 9.85. The van der Waals surface area contributed by atoms with Crippen LogP contribution in [0.2, 0.25) is 0 Å². The van der Waals surface area contributed by atoms with Crippen LogP contribution in [0.25, 0.3) is 0 Å². The van der Waals surface area contributed by atoms with E-state index in [1.54, 1.807) is 0 Å². The number of nitrogens with zero attached hydrogens (tertiary/aromatic N) is 1. The van der Waals surface area contributed by atoms with Gasteiger partial charge in [-0.2, -0.15) is 13.2 Å². The molecule has 1 aliphatic carbocycles. The van der Waals surface area contributed by atoms with E-state index in [1.807, 2.05) is 0 Å². The summed E-state index contributed by atoms with van der Waals surface area (Å²) in [5, 5.41) is -0.748. The standard InChI is InChI=1S/C10H13F3N2S/c11-10(12,13)9-15-5-8(16-9)6-2-1-3-7(14)4-6/h5-7H,1-4,14H2. The number of thiazole rings is 1. The third kappa shape index (κ3) is 2.55. The molecule has 1 heterocycles. The van der Waals surface area contributed by atoms with Gasteiger partial charge in [-0.1, -0.05) is 6.42 Å². The molecule has 1 saturated carbocycles. The summed E-state index contributed by atoms with van der Waals surface area (Å²) >= 11 is 0.757. The molecule has 0 saturated heterocycles. The van der Waals surface area contributed by atoms with Crippen molar-refractivity contribution in [3.63, 3.8) is 0 Å². The summed E-state index contributed by atoms with van der Waals surface area (Å²) in [6, 6.07) is 0.121. The van der Waals surface area contributed by atoms with Crippen LogP contribution in [0.3, 0.4) is 0 Å². The molecule has 1 aromatic rings. The Hall–Kier alpha value is -0.620. The van der Waals surface area contributed by atoms with Crippen LogP contribution >= 0.6 is 11.3 Å². The predicted octanol–water partition coefficient (Wildman–Crippen LogP) is 3.15. The zero-order valence-electron chi connectivity index (χ0n) is 8.63. The van der Waals surface area contributed by atoms with Crippen LogP contribution in [-0.2, 0) is 6.18 Å². The van der Waals surface area contributed by atoms with Crippen LogP contribution in [0, 0.1) is 0 Å². The maximum absolute atomic E-state index is 12.4. The Morgan fingerprint density at radius 2 is 2.12 bits per heavy atom. The molecule has 0 amide bonds. The van der Waals surface area contributed by atoms with Gasteiger partial charge in [0.05, 0.1) is 0 Å². The normalized spacial score (nSPS) is 27.0. The second kappa shape index (κ2) is 4.33. The summed E-state index contributed by atoms with van der Waals surface area (Å²) in [6.45, 7) is 0. The Bertz CT molecular complexity index is 361. The SMILES string of the molecule is NC1CCCC(c2cnc(C(F)(F)F)s2)C1. The Balaban J connectivity index is 2.12. The van der Waals surface area contributed by atoms with E-state index in [2.05, 4.69) is 4.98 Å².